The van der Waals surface area contributed by atoms with E-state index in [9.17, 15) is 4.79 Å². The van der Waals surface area contributed by atoms with E-state index in [1.54, 1.807) is 7.11 Å². The zero-order chi connectivity index (χ0) is 13.1. The molecule has 0 bridgehead atoms. The van der Waals surface area contributed by atoms with Crippen molar-refractivity contribution in [3.05, 3.63) is 0 Å². The van der Waals surface area contributed by atoms with Gasteiger partial charge in [-0.2, -0.15) is 0 Å². The summed E-state index contributed by atoms with van der Waals surface area (Å²) in [6, 6.07) is 0. The maximum atomic E-state index is 11.1. The Kier molecular flexibility index (Phi) is 9.14. The third kappa shape index (κ3) is 8.19. The highest BCUT2D eigenvalue weighted by molar-refractivity contribution is 5.69. The van der Waals surface area contributed by atoms with Crippen molar-refractivity contribution in [2.24, 2.45) is 0 Å². The van der Waals surface area contributed by atoms with E-state index >= 15 is 0 Å². The minimum absolute atomic E-state index is 0.153. The van der Waals surface area contributed by atoms with Gasteiger partial charge in [0.1, 0.15) is 0 Å². The smallest absolute Gasteiger partial charge is 0.305 e. The van der Waals surface area contributed by atoms with Gasteiger partial charge in [0.05, 0.1) is 12.7 Å². The molecule has 0 aliphatic heterocycles. The van der Waals surface area contributed by atoms with Gasteiger partial charge in [0.2, 0.25) is 0 Å². The molecule has 1 unspecified atom stereocenters. The van der Waals surface area contributed by atoms with Gasteiger partial charge in [0.25, 0.3) is 0 Å². The molecule has 0 aromatic rings. The van der Waals surface area contributed by atoms with Crippen LogP contribution in [0.25, 0.3) is 0 Å². The van der Waals surface area contributed by atoms with Crippen LogP contribution < -0.4 is 0 Å². The summed E-state index contributed by atoms with van der Waals surface area (Å²) in [5.41, 5.74) is -0.180. The number of methoxy groups -OCH3 is 2. The number of esters is 1. The molecule has 0 aromatic heterocycles. The Morgan fingerprint density at radius 2 is 1.71 bits per heavy atom. The van der Waals surface area contributed by atoms with Crippen molar-refractivity contribution in [1.82, 2.24) is 0 Å². The Bertz CT molecular complexity index is 204. The van der Waals surface area contributed by atoms with Gasteiger partial charge in [-0.15, -0.1) is 0 Å². The minimum atomic E-state index is -0.180. The SMILES string of the molecule is CCCCCCCC(C)(CCC(=O)OC)OC. The average molecular weight is 244 g/mol. The molecule has 3 heteroatoms. The molecule has 0 spiro atoms. The van der Waals surface area contributed by atoms with Crippen LogP contribution in [0.1, 0.15) is 65.2 Å². The Balaban J connectivity index is 3.80. The molecule has 0 saturated carbocycles. The first-order chi connectivity index (χ1) is 8.08. The van der Waals surface area contributed by atoms with Crippen LogP contribution in [0.5, 0.6) is 0 Å². The predicted octanol–water partition coefficient (Wildman–Crippen LogP) is 3.71. The van der Waals surface area contributed by atoms with Gasteiger partial charge < -0.3 is 9.47 Å². The topological polar surface area (TPSA) is 35.5 Å². The third-order valence-electron chi connectivity index (χ3n) is 3.39. The van der Waals surface area contributed by atoms with Gasteiger partial charge >= 0.3 is 5.97 Å². The Labute approximate surface area is 106 Å². The monoisotopic (exact) mass is 244 g/mol. The second-order valence-electron chi connectivity index (χ2n) is 4.89. The summed E-state index contributed by atoms with van der Waals surface area (Å²) in [5.74, 6) is -0.153. The van der Waals surface area contributed by atoms with E-state index in [1.807, 2.05) is 0 Å². The maximum absolute atomic E-state index is 11.1. The summed E-state index contributed by atoms with van der Waals surface area (Å²) < 4.78 is 10.2. The van der Waals surface area contributed by atoms with Crippen LogP contribution in [0.3, 0.4) is 0 Å². The Hall–Kier alpha value is -0.570. The third-order valence-corrected chi connectivity index (χ3v) is 3.39. The lowest BCUT2D eigenvalue weighted by Crippen LogP contribution is -2.28. The molecule has 3 nitrogen and oxygen atoms in total. The first-order valence-electron chi connectivity index (χ1n) is 6.70. The van der Waals surface area contributed by atoms with Gasteiger partial charge in [-0.25, -0.2) is 0 Å². The summed E-state index contributed by atoms with van der Waals surface area (Å²) in [5, 5.41) is 0. The van der Waals surface area contributed by atoms with Crippen LogP contribution >= 0.6 is 0 Å². The normalized spacial score (nSPS) is 14.4. The van der Waals surface area contributed by atoms with Gasteiger partial charge in [0, 0.05) is 13.5 Å². The largest absolute Gasteiger partial charge is 0.469 e. The number of carbonyl (C=O) groups excluding carboxylic acids is 1. The molecule has 102 valence electrons. The van der Waals surface area contributed by atoms with E-state index in [4.69, 9.17) is 4.74 Å². The van der Waals surface area contributed by atoms with E-state index in [-0.39, 0.29) is 11.6 Å². The summed E-state index contributed by atoms with van der Waals surface area (Å²) in [7, 11) is 3.15. The number of hydrogen-bond donors (Lipinski definition) is 0. The van der Waals surface area contributed by atoms with Crippen molar-refractivity contribution in [3.8, 4) is 0 Å². The molecular weight excluding hydrogens is 216 g/mol. The highest BCUT2D eigenvalue weighted by Crippen LogP contribution is 2.24. The quantitative estimate of drug-likeness (QED) is 0.434. The van der Waals surface area contributed by atoms with Gasteiger partial charge in [-0.1, -0.05) is 39.0 Å². The second kappa shape index (κ2) is 9.46. The zero-order valence-corrected chi connectivity index (χ0v) is 11.9. The second-order valence-corrected chi connectivity index (χ2v) is 4.89. The van der Waals surface area contributed by atoms with Crippen LogP contribution in [-0.2, 0) is 14.3 Å². The lowest BCUT2D eigenvalue weighted by molar-refractivity contribution is -0.142. The highest BCUT2D eigenvalue weighted by Gasteiger charge is 2.24. The molecule has 0 radical (unpaired) electrons. The number of rotatable bonds is 10. The fourth-order valence-electron chi connectivity index (χ4n) is 1.90. The predicted molar refractivity (Wildman–Crippen MR) is 70.0 cm³/mol. The number of unbranched alkanes of at least 4 members (excludes halogenated alkanes) is 4. The lowest BCUT2D eigenvalue weighted by Gasteiger charge is -2.27. The maximum Gasteiger partial charge on any atom is 0.305 e. The van der Waals surface area contributed by atoms with E-state index in [1.165, 1.54) is 39.2 Å². The van der Waals surface area contributed by atoms with Crippen LogP contribution in [0.15, 0.2) is 0 Å². The standard InChI is InChI=1S/C14H28O3/c1-5-6-7-8-9-11-14(2,17-4)12-10-13(15)16-3/h5-12H2,1-4H3. The molecule has 0 aliphatic rings. The van der Waals surface area contributed by atoms with Crippen molar-refractivity contribution in [2.75, 3.05) is 14.2 Å². The van der Waals surface area contributed by atoms with E-state index in [0.29, 0.717) is 6.42 Å². The molecular formula is C14H28O3. The van der Waals surface area contributed by atoms with Crippen LogP contribution in [0.2, 0.25) is 0 Å². The fourth-order valence-corrected chi connectivity index (χ4v) is 1.90. The molecule has 17 heavy (non-hydrogen) atoms. The number of hydrogen-bond acceptors (Lipinski definition) is 3. The first-order valence-corrected chi connectivity index (χ1v) is 6.70. The van der Waals surface area contributed by atoms with Crippen molar-refractivity contribution in [3.63, 3.8) is 0 Å². The Morgan fingerprint density at radius 3 is 2.24 bits per heavy atom. The van der Waals surface area contributed by atoms with E-state index in [0.717, 1.165) is 12.8 Å². The number of ether oxygens (including phenoxy) is 2. The lowest BCUT2D eigenvalue weighted by atomic mass is 9.92. The van der Waals surface area contributed by atoms with Gasteiger partial charge in [0.15, 0.2) is 0 Å². The molecule has 0 aromatic carbocycles. The molecule has 0 aliphatic carbocycles. The van der Waals surface area contributed by atoms with Gasteiger partial charge in [-0.3, -0.25) is 4.79 Å². The average Bonchev–Trinajstić information content (AvgIpc) is 2.35. The molecule has 0 heterocycles. The summed E-state index contributed by atoms with van der Waals surface area (Å²) >= 11 is 0. The van der Waals surface area contributed by atoms with E-state index in [2.05, 4.69) is 18.6 Å². The van der Waals surface area contributed by atoms with Gasteiger partial charge in [-0.05, 0) is 19.8 Å². The van der Waals surface area contributed by atoms with E-state index < -0.39 is 0 Å². The Morgan fingerprint density at radius 1 is 1.06 bits per heavy atom. The fraction of sp³-hybridized carbons (Fsp3) is 0.929. The summed E-state index contributed by atoms with van der Waals surface area (Å²) in [6.45, 7) is 4.30. The van der Waals surface area contributed by atoms with Crippen LogP contribution in [0, 0.1) is 0 Å². The molecule has 0 saturated heterocycles. The first kappa shape index (κ1) is 16.4. The van der Waals surface area contributed by atoms with Crippen molar-refractivity contribution in [2.45, 2.75) is 70.8 Å². The van der Waals surface area contributed by atoms with Crippen molar-refractivity contribution >= 4 is 5.97 Å². The van der Waals surface area contributed by atoms with Crippen molar-refractivity contribution in [1.29, 1.82) is 0 Å². The van der Waals surface area contributed by atoms with Crippen LogP contribution in [0.4, 0.5) is 0 Å². The summed E-state index contributed by atoms with van der Waals surface area (Å²) in [6.07, 6.45) is 8.50. The molecule has 0 N–H and O–H groups in total. The molecule has 0 rings (SSSR count). The zero-order valence-electron chi connectivity index (χ0n) is 11.9. The minimum Gasteiger partial charge on any atom is -0.469 e. The summed E-state index contributed by atoms with van der Waals surface area (Å²) in [4.78, 5) is 11.1. The highest BCUT2D eigenvalue weighted by atomic mass is 16.5. The molecule has 0 fully saturated rings. The molecule has 1 atom stereocenters. The van der Waals surface area contributed by atoms with Crippen LogP contribution in [-0.4, -0.2) is 25.8 Å². The van der Waals surface area contributed by atoms with Crippen molar-refractivity contribution < 1.29 is 14.3 Å². The number of carbonyl (C=O) groups is 1. The molecule has 0 amide bonds.